The SMILES string of the molecule is COC(=O)[C@@H]1CC2CCC(CCc3ccc(cc3)C[C@H]1Cl)CC2. The zero-order valence-electron chi connectivity index (χ0n) is 14.0. The highest BCUT2D eigenvalue weighted by Crippen LogP contribution is 2.37. The molecule has 2 atom stereocenters. The van der Waals surface area contributed by atoms with Crippen LogP contribution in [-0.4, -0.2) is 18.5 Å². The summed E-state index contributed by atoms with van der Waals surface area (Å²) in [5.41, 5.74) is 2.63. The molecule has 0 heterocycles. The summed E-state index contributed by atoms with van der Waals surface area (Å²) in [7, 11) is 1.48. The second-order valence-corrected chi connectivity index (χ2v) is 7.89. The van der Waals surface area contributed by atoms with Gasteiger partial charge in [-0.3, -0.25) is 4.79 Å². The number of methoxy groups -OCH3 is 1. The normalized spacial score (nSPS) is 31.6. The minimum Gasteiger partial charge on any atom is -0.469 e. The van der Waals surface area contributed by atoms with Crippen LogP contribution in [0.2, 0.25) is 0 Å². The first kappa shape index (κ1) is 16.8. The summed E-state index contributed by atoms with van der Waals surface area (Å²) < 4.78 is 5.04. The highest BCUT2D eigenvalue weighted by atomic mass is 35.5. The number of halogens is 1. The van der Waals surface area contributed by atoms with Crippen LogP contribution in [-0.2, 0) is 22.4 Å². The van der Waals surface area contributed by atoms with Crippen molar-refractivity contribution in [3.05, 3.63) is 35.4 Å². The fourth-order valence-electron chi connectivity index (χ4n) is 4.24. The molecule has 0 aromatic heterocycles. The first-order chi connectivity index (χ1) is 11.2. The molecule has 5 aliphatic carbocycles. The van der Waals surface area contributed by atoms with E-state index >= 15 is 0 Å². The lowest BCUT2D eigenvalue weighted by Gasteiger charge is -2.32. The van der Waals surface area contributed by atoms with E-state index in [1.807, 2.05) is 0 Å². The zero-order chi connectivity index (χ0) is 16.2. The number of ether oxygens (including phenoxy) is 1. The Balaban J connectivity index is 1.83. The summed E-state index contributed by atoms with van der Waals surface area (Å²) in [5, 5.41) is -0.186. The van der Waals surface area contributed by atoms with Crippen molar-refractivity contribution in [3.8, 4) is 0 Å². The quantitative estimate of drug-likeness (QED) is 0.546. The Bertz CT molecular complexity index is 517. The monoisotopic (exact) mass is 334 g/mol. The molecule has 2 nitrogen and oxygen atoms in total. The Morgan fingerprint density at radius 2 is 1.61 bits per heavy atom. The van der Waals surface area contributed by atoms with E-state index in [0.717, 1.165) is 18.8 Å². The fourth-order valence-corrected chi connectivity index (χ4v) is 4.62. The van der Waals surface area contributed by atoms with Gasteiger partial charge in [-0.2, -0.15) is 0 Å². The Hall–Kier alpha value is -1.02. The smallest absolute Gasteiger partial charge is 0.310 e. The summed E-state index contributed by atoms with van der Waals surface area (Å²) in [6.07, 6.45) is 9.16. The average molecular weight is 335 g/mol. The topological polar surface area (TPSA) is 26.3 Å². The summed E-state index contributed by atoms with van der Waals surface area (Å²) in [6, 6.07) is 8.79. The number of rotatable bonds is 1. The molecule has 126 valence electrons. The Morgan fingerprint density at radius 1 is 1.00 bits per heavy atom. The maximum atomic E-state index is 12.2. The summed E-state index contributed by atoms with van der Waals surface area (Å²) in [4.78, 5) is 12.2. The van der Waals surface area contributed by atoms with Crippen molar-refractivity contribution in [1.82, 2.24) is 0 Å². The first-order valence-electron chi connectivity index (χ1n) is 8.95. The maximum absolute atomic E-state index is 12.2. The Kier molecular flexibility index (Phi) is 5.63. The van der Waals surface area contributed by atoms with Crippen LogP contribution in [0.5, 0.6) is 0 Å². The number of carbonyl (C=O) groups excluding carboxylic acids is 1. The molecule has 0 amide bonds. The zero-order valence-corrected chi connectivity index (χ0v) is 14.7. The summed E-state index contributed by atoms with van der Waals surface area (Å²) in [6.45, 7) is 0. The molecule has 4 bridgehead atoms. The maximum Gasteiger partial charge on any atom is 0.310 e. The van der Waals surface area contributed by atoms with E-state index < -0.39 is 0 Å². The van der Waals surface area contributed by atoms with Crippen molar-refractivity contribution in [2.24, 2.45) is 17.8 Å². The molecule has 0 spiro atoms. The molecule has 0 aliphatic heterocycles. The highest BCUT2D eigenvalue weighted by Gasteiger charge is 2.32. The highest BCUT2D eigenvalue weighted by molar-refractivity contribution is 6.22. The predicted molar refractivity (Wildman–Crippen MR) is 93.7 cm³/mol. The Morgan fingerprint density at radius 3 is 2.26 bits per heavy atom. The molecule has 0 saturated heterocycles. The molecular weight excluding hydrogens is 308 g/mol. The van der Waals surface area contributed by atoms with Crippen molar-refractivity contribution < 1.29 is 9.53 Å². The summed E-state index contributed by atoms with van der Waals surface area (Å²) >= 11 is 6.66. The number of benzene rings is 1. The van der Waals surface area contributed by atoms with E-state index in [1.54, 1.807) is 0 Å². The first-order valence-corrected chi connectivity index (χ1v) is 9.39. The van der Waals surface area contributed by atoms with Crippen LogP contribution in [0.15, 0.2) is 24.3 Å². The number of hydrogen-bond donors (Lipinski definition) is 0. The van der Waals surface area contributed by atoms with Gasteiger partial charge >= 0.3 is 5.97 Å². The van der Waals surface area contributed by atoms with Gasteiger partial charge in [-0.1, -0.05) is 49.9 Å². The predicted octanol–water partition coefficient (Wildman–Crippen LogP) is 4.77. The van der Waals surface area contributed by atoms with Crippen LogP contribution < -0.4 is 0 Å². The molecule has 0 radical (unpaired) electrons. The molecule has 1 aromatic carbocycles. The third kappa shape index (κ3) is 4.29. The lowest BCUT2D eigenvalue weighted by molar-refractivity contribution is -0.146. The van der Waals surface area contributed by atoms with Crippen LogP contribution in [0.4, 0.5) is 0 Å². The number of alkyl halides is 1. The van der Waals surface area contributed by atoms with Gasteiger partial charge in [-0.25, -0.2) is 0 Å². The van der Waals surface area contributed by atoms with E-state index in [2.05, 4.69) is 24.3 Å². The standard InChI is InChI=1S/C20H27ClO2/c1-23-20(22)18-12-16-8-4-14(5-9-16)2-3-15-6-10-17(11-7-15)13-19(18)21/h6-7,10-11,14,16,18-19H,2-5,8-9,12-13H2,1H3/t14?,16?,18-,19-/m1/s1. The van der Waals surface area contributed by atoms with Crippen molar-refractivity contribution >= 4 is 17.6 Å². The molecule has 1 saturated carbocycles. The van der Waals surface area contributed by atoms with Gasteiger partial charge in [0.25, 0.3) is 0 Å². The van der Waals surface area contributed by atoms with E-state index in [4.69, 9.17) is 16.3 Å². The van der Waals surface area contributed by atoms with Gasteiger partial charge in [0.05, 0.1) is 18.4 Å². The van der Waals surface area contributed by atoms with Crippen LogP contribution in [0.25, 0.3) is 0 Å². The molecule has 23 heavy (non-hydrogen) atoms. The molecule has 0 unspecified atom stereocenters. The number of carbonyl (C=O) groups is 1. The van der Waals surface area contributed by atoms with E-state index in [-0.39, 0.29) is 17.3 Å². The van der Waals surface area contributed by atoms with Gasteiger partial charge < -0.3 is 4.74 Å². The van der Waals surface area contributed by atoms with Crippen molar-refractivity contribution in [1.29, 1.82) is 0 Å². The van der Waals surface area contributed by atoms with Crippen LogP contribution in [0.3, 0.4) is 0 Å². The summed E-state index contributed by atoms with van der Waals surface area (Å²) in [5.74, 6) is 1.14. The minimum absolute atomic E-state index is 0.143. The number of aryl methyl sites for hydroxylation is 1. The van der Waals surface area contributed by atoms with Gasteiger partial charge in [-0.15, -0.1) is 11.6 Å². The van der Waals surface area contributed by atoms with Crippen LogP contribution in [0, 0.1) is 17.8 Å². The molecule has 1 fully saturated rings. The van der Waals surface area contributed by atoms with Gasteiger partial charge in [0, 0.05) is 0 Å². The lowest BCUT2D eigenvalue weighted by atomic mass is 9.75. The van der Waals surface area contributed by atoms with Gasteiger partial charge in [-0.05, 0) is 48.6 Å². The third-order valence-corrected chi connectivity index (χ3v) is 6.25. The van der Waals surface area contributed by atoms with E-state index in [9.17, 15) is 4.79 Å². The van der Waals surface area contributed by atoms with E-state index in [1.165, 1.54) is 56.8 Å². The third-order valence-electron chi connectivity index (χ3n) is 5.79. The van der Waals surface area contributed by atoms with Crippen LogP contribution >= 0.6 is 11.6 Å². The Labute approximate surface area is 144 Å². The van der Waals surface area contributed by atoms with Crippen molar-refractivity contribution in [2.75, 3.05) is 7.11 Å². The molecular formula is C20H27ClO2. The van der Waals surface area contributed by atoms with Gasteiger partial charge in [0.15, 0.2) is 0 Å². The second-order valence-electron chi connectivity index (χ2n) is 7.33. The molecule has 6 rings (SSSR count). The number of esters is 1. The van der Waals surface area contributed by atoms with Crippen LogP contribution in [0.1, 0.15) is 49.7 Å². The molecule has 1 aromatic rings. The largest absolute Gasteiger partial charge is 0.469 e. The van der Waals surface area contributed by atoms with Crippen molar-refractivity contribution in [2.45, 2.75) is 56.7 Å². The van der Waals surface area contributed by atoms with Crippen molar-refractivity contribution in [3.63, 3.8) is 0 Å². The minimum atomic E-state index is -0.189. The lowest BCUT2D eigenvalue weighted by Crippen LogP contribution is -2.31. The molecule has 0 N–H and O–H groups in total. The molecule has 3 heteroatoms. The fraction of sp³-hybridized carbons (Fsp3) is 0.650. The molecule has 5 aliphatic rings. The average Bonchev–Trinajstić information content (AvgIpc) is 2.59. The second kappa shape index (κ2) is 7.70. The number of hydrogen-bond acceptors (Lipinski definition) is 2. The van der Waals surface area contributed by atoms with Gasteiger partial charge in [0.2, 0.25) is 0 Å². The van der Waals surface area contributed by atoms with Gasteiger partial charge in [0.1, 0.15) is 0 Å². The van der Waals surface area contributed by atoms with E-state index in [0.29, 0.717) is 5.92 Å².